The fourth-order valence-electron chi connectivity index (χ4n) is 6.04. The molecule has 8 nitrogen and oxygen atoms in total. The number of fused-ring (bicyclic) bond motifs is 1. The Morgan fingerprint density at radius 1 is 0.919 bits per heavy atom. The maximum absolute atomic E-state index is 13.9. The number of hydrogen-bond acceptors (Lipinski definition) is 4. The van der Waals surface area contributed by atoms with Crippen LogP contribution in [0.2, 0.25) is 0 Å². The standard InChI is InChI=1S/C29H37N5O3/c1-31-21-27(35)33-25(17-22-11-5-2-6-12-22)28(36)32(19-24-15-9-4-10-16-24)20-26(33)34(31)29(37)30-18-23-13-7-3-8-14-23/h2-3,5-8,11-14,24-26H,4,9-10,15-21H2,1H3,(H,30,37)/t25-,26-/m0/s1. The highest BCUT2D eigenvalue weighted by molar-refractivity contribution is 5.91. The van der Waals surface area contributed by atoms with Gasteiger partial charge in [0.25, 0.3) is 0 Å². The Labute approximate surface area is 219 Å². The predicted octanol–water partition coefficient (Wildman–Crippen LogP) is 3.25. The first-order chi connectivity index (χ1) is 18.0. The molecule has 2 atom stereocenters. The molecular formula is C29H37N5O3. The maximum Gasteiger partial charge on any atom is 0.334 e. The molecule has 0 aromatic heterocycles. The highest BCUT2D eigenvalue weighted by atomic mass is 16.2. The van der Waals surface area contributed by atoms with Crippen LogP contribution in [0.1, 0.15) is 43.2 Å². The molecule has 8 heteroatoms. The highest BCUT2D eigenvalue weighted by Crippen LogP contribution is 2.30. The summed E-state index contributed by atoms with van der Waals surface area (Å²) >= 11 is 0. The second-order valence-electron chi connectivity index (χ2n) is 10.5. The average molecular weight is 504 g/mol. The third-order valence-electron chi connectivity index (χ3n) is 7.91. The van der Waals surface area contributed by atoms with Gasteiger partial charge in [0.1, 0.15) is 12.2 Å². The Hall–Kier alpha value is -3.39. The average Bonchev–Trinajstić information content (AvgIpc) is 2.91. The van der Waals surface area contributed by atoms with E-state index in [2.05, 4.69) is 5.32 Å². The Kier molecular flexibility index (Phi) is 7.74. The maximum atomic E-state index is 13.9. The summed E-state index contributed by atoms with van der Waals surface area (Å²) in [5.41, 5.74) is 2.01. The molecule has 2 saturated heterocycles. The van der Waals surface area contributed by atoms with Gasteiger partial charge in [0, 0.05) is 26.6 Å². The molecule has 2 heterocycles. The van der Waals surface area contributed by atoms with Crippen molar-refractivity contribution in [3.63, 3.8) is 0 Å². The van der Waals surface area contributed by atoms with Crippen molar-refractivity contribution in [3.05, 3.63) is 71.8 Å². The second-order valence-corrected chi connectivity index (χ2v) is 10.5. The van der Waals surface area contributed by atoms with Crippen molar-refractivity contribution in [2.75, 3.05) is 26.7 Å². The van der Waals surface area contributed by atoms with Gasteiger partial charge in [-0.15, -0.1) is 0 Å². The number of urea groups is 1. The molecule has 2 aliphatic heterocycles. The van der Waals surface area contributed by atoms with Gasteiger partial charge >= 0.3 is 6.03 Å². The summed E-state index contributed by atoms with van der Waals surface area (Å²) in [6, 6.07) is 18.7. The first-order valence-electron chi connectivity index (χ1n) is 13.5. The van der Waals surface area contributed by atoms with Crippen molar-refractivity contribution in [3.8, 4) is 0 Å². The zero-order valence-electron chi connectivity index (χ0n) is 21.6. The van der Waals surface area contributed by atoms with Crippen molar-refractivity contribution in [2.45, 2.75) is 57.3 Å². The van der Waals surface area contributed by atoms with Crippen molar-refractivity contribution in [1.29, 1.82) is 0 Å². The minimum atomic E-state index is -0.629. The Morgan fingerprint density at radius 3 is 2.24 bits per heavy atom. The number of hydrazine groups is 1. The van der Waals surface area contributed by atoms with E-state index in [9.17, 15) is 14.4 Å². The molecule has 4 amide bonds. The fourth-order valence-corrected chi connectivity index (χ4v) is 6.04. The number of carbonyl (C=O) groups excluding carboxylic acids is 3. The third kappa shape index (κ3) is 5.64. The molecule has 196 valence electrons. The Morgan fingerprint density at radius 2 is 1.57 bits per heavy atom. The topological polar surface area (TPSA) is 76.2 Å². The van der Waals surface area contributed by atoms with Crippen molar-refractivity contribution >= 4 is 17.8 Å². The fraction of sp³-hybridized carbons (Fsp3) is 0.483. The van der Waals surface area contributed by atoms with Gasteiger partial charge < -0.3 is 15.1 Å². The van der Waals surface area contributed by atoms with E-state index in [1.807, 2.05) is 65.6 Å². The Bertz CT molecular complexity index is 1090. The number of amides is 4. The lowest BCUT2D eigenvalue weighted by Crippen LogP contribution is -2.76. The molecule has 2 aromatic carbocycles. The van der Waals surface area contributed by atoms with Crippen LogP contribution >= 0.6 is 0 Å². The highest BCUT2D eigenvalue weighted by Gasteiger charge is 2.50. The molecule has 0 bridgehead atoms. The first-order valence-corrected chi connectivity index (χ1v) is 13.5. The molecule has 37 heavy (non-hydrogen) atoms. The minimum Gasteiger partial charge on any atom is -0.337 e. The normalized spacial score (nSPS) is 23.2. The zero-order chi connectivity index (χ0) is 25.8. The van der Waals surface area contributed by atoms with E-state index in [4.69, 9.17) is 0 Å². The van der Waals surface area contributed by atoms with Crippen LogP contribution in [0.5, 0.6) is 0 Å². The van der Waals surface area contributed by atoms with Gasteiger partial charge in [0.05, 0.1) is 13.1 Å². The molecule has 0 spiro atoms. The summed E-state index contributed by atoms with van der Waals surface area (Å²) in [7, 11) is 1.77. The van der Waals surface area contributed by atoms with Gasteiger partial charge in [-0.25, -0.2) is 14.8 Å². The third-order valence-corrected chi connectivity index (χ3v) is 7.91. The van der Waals surface area contributed by atoms with Crippen LogP contribution in [0.3, 0.4) is 0 Å². The molecule has 5 rings (SSSR count). The number of likely N-dealkylation sites (N-methyl/N-ethyl adjacent to an activating group) is 1. The molecule has 1 N–H and O–H groups in total. The lowest BCUT2D eigenvalue weighted by atomic mass is 9.88. The van der Waals surface area contributed by atoms with E-state index < -0.39 is 12.2 Å². The van der Waals surface area contributed by atoms with E-state index in [0.29, 0.717) is 32.0 Å². The lowest BCUT2D eigenvalue weighted by Gasteiger charge is -2.54. The van der Waals surface area contributed by atoms with Gasteiger partial charge in [0.2, 0.25) is 11.8 Å². The number of rotatable bonds is 6. The molecule has 0 unspecified atom stereocenters. The summed E-state index contributed by atoms with van der Waals surface area (Å²) in [5.74, 6) is 0.346. The van der Waals surface area contributed by atoms with Gasteiger partial charge in [-0.3, -0.25) is 9.59 Å². The number of nitrogens with one attached hydrogen (secondary N) is 1. The smallest absolute Gasteiger partial charge is 0.334 e. The molecule has 2 aromatic rings. The van der Waals surface area contributed by atoms with Gasteiger partial charge in [-0.05, 0) is 29.9 Å². The van der Waals surface area contributed by atoms with E-state index in [0.717, 1.165) is 24.0 Å². The van der Waals surface area contributed by atoms with Gasteiger partial charge in [-0.2, -0.15) is 0 Å². The van der Waals surface area contributed by atoms with Crippen molar-refractivity contribution < 1.29 is 14.4 Å². The summed E-state index contributed by atoms with van der Waals surface area (Å²) in [6.45, 7) is 1.46. The van der Waals surface area contributed by atoms with E-state index >= 15 is 0 Å². The van der Waals surface area contributed by atoms with E-state index in [1.165, 1.54) is 19.3 Å². The SMILES string of the molecule is CN1CC(=O)N2[C@@H](Cc3ccccc3)C(=O)N(CC3CCCCC3)C[C@@H]2N1C(=O)NCc1ccccc1. The molecule has 1 saturated carbocycles. The number of carbonyl (C=O) groups is 3. The van der Waals surface area contributed by atoms with Gasteiger partial charge in [0.15, 0.2) is 0 Å². The van der Waals surface area contributed by atoms with Crippen LogP contribution in [0.15, 0.2) is 60.7 Å². The largest absolute Gasteiger partial charge is 0.337 e. The number of piperazine rings is 1. The van der Waals surface area contributed by atoms with Crippen LogP contribution in [-0.4, -0.2) is 76.6 Å². The molecule has 3 fully saturated rings. The lowest BCUT2D eigenvalue weighted by molar-refractivity contribution is -0.187. The number of benzene rings is 2. The van der Waals surface area contributed by atoms with E-state index in [1.54, 1.807) is 22.0 Å². The van der Waals surface area contributed by atoms with Crippen LogP contribution in [0, 0.1) is 5.92 Å². The van der Waals surface area contributed by atoms with E-state index in [-0.39, 0.29) is 24.4 Å². The summed E-state index contributed by atoms with van der Waals surface area (Å²) in [6.07, 6.45) is 5.80. The quantitative estimate of drug-likeness (QED) is 0.657. The zero-order valence-corrected chi connectivity index (χ0v) is 21.6. The van der Waals surface area contributed by atoms with Crippen molar-refractivity contribution in [1.82, 2.24) is 25.1 Å². The Balaban J connectivity index is 1.41. The minimum absolute atomic E-state index is 0.00627. The summed E-state index contributed by atoms with van der Waals surface area (Å²) in [5, 5.41) is 6.36. The first kappa shape index (κ1) is 25.3. The molecular weight excluding hydrogens is 466 g/mol. The summed E-state index contributed by atoms with van der Waals surface area (Å²) < 4.78 is 0. The van der Waals surface area contributed by atoms with Crippen LogP contribution in [-0.2, 0) is 22.6 Å². The number of hydrogen-bond donors (Lipinski definition) is 1. The summed E-state index contributed by atoms with van der Waals surface area (Å²) in [4.78, 5) is 44.4. The molecule has 0 radical (unpaired) electrons. The monoisotopic (exact) mass is 503 g/mol. The van der Waals surface area contributed by atoms with Gasteiger partial charge in [-0.1, -0.05) is 79.9 Å². The van der Waals surface area contributed by atoms with Crippen LogP contribution in [0.4, 0.5) is 4.79 Å². The number of nitrogens with zero attached hydrogens (tertiary/aromatic N) is 4. The predicted molar refractivity (Wildman–Crippen MR) is 141 cm³/mol. The second kappa shape index (κ2) is 11.3. The van der Waals surface area contributed by atoms with Crippen LogP contribution in [0.25, 0.3) is 0 Å². The van der Waals surface area contributed by atoms with Crippen LogP contribution < -0.4 is 5.32 Å². The molecule has 1 aliphatic carbocycles. The molecule has 3 aliphatic rings. The van der Waals surface area contributed by atoms with Crippen molar-refractivity contribution in [2.24, 2.45) is 5.92 Å².